The minimum Gasteiger partial charge on any atom is -0.507 e. The first-order chi connectivity index (χ1) is 20.2. The standard InChI is InChI=1S/C34H45N5O3/c1-7-9-11-12-14-25(13-10-8-2)21-42-29-18-17-27(31(41)24(29)5)33-36-32(26-16-15-22(3)23(4)30(26)40)37-34(38-33)28-19-20-35-39(28)6/h15-20,25,40-41H,7-14,21H2,1-6H3. The first-order valence-corrected chi connectivity index (χ1v) is 15.2. The van der Waals surface area contributed by atoms with E-state index in [0.29, 0.717) is 58.1 Å². The van der Waals surface area contributed by atoms with Gasteiger partial charge in [-0.1, -0.05) is 58.4 Å². The number of phenols is 2. The fraction of sp³-hybridized carbons (Fsp3) is 0.471. The molecule has 0 aliphatic carbocycles. The SMILES string of the molecule is CCCCCCC(CCCC)COc1ccc(-c2nc(-c3ccc(C)c(C)c3O)nc(-c3ccnn3C)n2)c(O)c1C. The van der Waals surface area contributed by atoms with Gasteiger partial charge in [-0.05, 0) is 74.9 Å². The number of unbranched alkanes of at least 4 members (excludes halogenated alkanes) is 4. The topological polar surface area (TPSA) is 106 Å². The van der Waals surface area contributed by atoms with E-state index in [4.69, 9.17) is 19.7 Å². The van der Waals surface area contributed by atoms with E-state index in [1.54, 1.807) is 16.9 Å². The molecule has 0 aliphatic heterocycles. The molecule has 42 heavy (non-hydrogen) atoms. The molecular weight excluding hydrogens is 526 g/mol. The van der Waals surface area contributed by atoms with E-state index in [1.165, 1.54) is 44.9 Å². The summed E-state index contributed by atoms with van der Waals surface area (Å²) in [6, 6.07) is 9.25. The molecule has 0 saturated heterocycles. The summed E-state index contributed by atoms with van der Waals surface area (Å²) >= 11 is 0. The molecule has 8 heteroatoms. The molecular formula is C34H45N5O3. The molecule has 4 aromatic rings. The van der Waals surface area contributed by atoms with Crippen molar-refractivity contribution in [3.05, 3.63) is 53.2 Å². The Hall–Kier alpha value is -3.94. The quantitative estimate of drug-likeness (QED) is 0.147. The van der Waals surface area contributed by atoms with E-state index >= 15 is 0 Å². The highest BCUT2D eigenvalue weighted by Gasteiger charge is 2.21. The molecule has 0 fully saturated rings. The van der Waals surface area contributed by atoms with Crippen LogP contribution in [0.3, 0.4) is 0 Å². The Morgan fingerprint density at radius 3 is 2.00 bits per heavy atom. The molecule has 2 N–H and O–H groups in total. The van der Waals surface area contributed by atoms with Crippen LogP contribution in [0.5, 0.6) is 17.2 Å². The molecule has 1 unspecified atom stereocenters. The van der Waals surface area contributed by atoms with Crippen LogP contribution in [-0.4, -0.2) is 41.6 Å². The van der Waals surface area contributed by atoms with Gasteiger partial charge in [-0.15, -0.1) is 0 Å². The summed E-state index contributed by atoms with van der Waals surface area (Å²) in [5.74, 6) is 2.37. The molecule has 0 spiro atoms. The Morgan fingerprint density at radius 2 is 1.36 bits per heavy atom. The predicted molar refractivity (Wildman–Crippen MR) is 168 cm³/mol. The summed E-state index contributed by atoms with van der Waals surface area (Å²) in [7, 11) is 1.82. The number of ether oxygens (including phenoxy) is 1. The Kier molecular flexibility index (Phi) is 10.6. The van der Waals surface area contributed by atoms with Gasteiger partial charge in [0.2, 0.25) is 0 Å². The van der Waals surface area contributed by atoms with Gasteiger partial charge in [-0.2, -0.15) is 5.10 Å². The molecule has 4 rings (SSSR count). The second-order valence-electron chi connectivity index (χ2n) is 11.3. The van der Waals surface area contributed by atoms with Crippen LogP contribution in [0.25, 0.3) is 34.3 Å². The van der Waals surface area contributed by atoms with Crippen LogP contribution < -0.4 is 4.74 Å². The van der Waals surface area contributed by atoms with Crippen LogP contribution in [0.1, 0.15) is 81.9 Å². The predicted octanol–water partition coefficient (Wildman–Crippen LogP) is 8.10. The molecule has 2 aromatic heterocycles. The van der Waals surface area contributed by atoms with Crippen molar-refractivity contribution in [1.29, 1.82) is 0 Å². The van der Waals surface area contributed by atoms with Crippen LogP contribution in [0.4, 0.5) is 0 Å². The Bertz CT molecular complexity index is 1500. The van der Waals surface area contributed by atoms with Crippen molar-refractivity contribution in [2.24, 2.45) is 13.0 Å². The number of hydrogen-bond acceptors (Lipinski definition) is 7. The maximum atomic E-state index is 11.4. The van der Waals surface area contributed by atoms with Crippen molar-refractivity contribution < 1.29 is 14.9 Å². The average molecular weight is 572 g/mol. The third-order valence-electron chi connectivity index (χ3n) is 8.16. The molecule has 1 atom stereocenters. The lowest BCUT2D eigenvalue weighted by Gasteiger charge is -2.19. The fourth-order valence-electron chi connectivity index (χ4n) is 5.20. The molecule has 0 saturated carbocycles. The highest BCUT2D eigenvalue weighted by atomic mass is 16.5. The van der Waals surface area contributed by atoms with Gasteiger partial charge in [-0.3, -0.25) is 4.68 Å². The van der Waals surface area contributed by atoms with E-state index in [-0.39, 0.29) is 11.5 Å². The van der Waals surface area contributed by atoms with Gasteiger partial charge >= 0.3 is 0 Å². The van der Waals surface area contributed by atoms with Gasteiger partial charge in [0.1, 0.15) is 22.9 Å². The van der Waals surface area contributed by atoms with Crippen LogP contribution in [0.2, 0.25) is 0 Å². The second kappa shape index (κ2) is 14.3. The molecule has 0 amide bonds. The number of benzene rings is 2. The van der Waals surface area contributed by atoms with Crippen LogP contribution in [0.15, 0.2) is 36.5 Å². The van der Waals surface area contributed by atoms with Gasteiger partial charge < -0.3 is 14.9 Å². The third kappa shape index (κ3) is 7.09. The van der Waals surface area contributed by atoms with Crippen molar-refractivity contribution in [3.63, 3.8) is 0 Å². The first kappa shape index (κ1) is 31.0. The summed E-state index contributed by atoms with van der Waals surface area (Å²) in [5.41, 5.74) is 4.04. The molecule has 0 bridgehead atoms. The minimum absolute atomic E-state index is 0.0676. The largest absolute Gasteiger partial charge is 0.507 e. The number of hydrogen-bond donors (Lipinski definition) is 2. The minimum atomic E-state index is 0.0676. The van der Waals surface area contributed by atoms with Crippen molar-refractivity contribution in [3.8, 4) is 51.5 Å². The number of rotatable bonds is 14. The normalized spacial score (nSPS) is 12.0. The number of phenolic OH excluding ortho intramolecular Hbond substituents is 2. The average Bonchev–Trinajstić information content (AvgIpc) is 3.42. The number of aryl methyl sites for hydroxylation is 2. The maximum Gasteiger partial charge on any atom is 0.182 e. The van der Waals surface area contributed by atoms with E-state index < -0.39 is 0 Å². The lowest BCUT2D eigenvalue weighted by atomic mass is 9.96. The zero-order valence-corrected chi connectivity index (χ0v) is 25.9. The number of aromatic hydroxyl groups is 2. The highest BCUT2D eigenvalue weighted by molar-refractivity contribution is 5.74. The van der Waals surface area contributed by atoms with Crippen molar-refractivity contribution in [2.75, 3.05) is 6.61 Å². The molecule has 2 heterocycles. The van der Waals surface area contributed by atoms with E-state index in [0.717, 1.165) is 17.5 Å². The molecule has 224 valence electrons. The van der Waals surface area contributed by atoms with Crippen molar-refractivity contribution in [2.45, 2.75) is 86.0 Å². The summed E-state index contributed by atoms with van der Waals surface area (Å²) < 4.78 is 7.98. The lowest BCUT2D eigenvalue weighted by molar-refractivity contribution is 0.223. The Morgan fingerprint density at radius 1 is 0.738 bits per heavy atom. The van der Waals surface area contributed by atoms with Crippen molar-refractivity contribution in [1.82, 2.24) is 24.7 Å². The summed E-state index contributed by atoms with van der Waals surface area (Å²) in [5, 5.41) is 26.6. The molecule has 0 aliphatic rings. The first-order valence-electron chi connectivity index (χ1n) is 15.2. The van der Waals surface area contributed by atoms with Crippen LogP contribution in [0, 0.1) is 26.7 Å². The van der Waals surface area contributed by atoms with Gasteiger partial charge in [0.05, 0.1) is 17.7 Å². The maximum absolute atomic E-state index is 11.4. The Labute approximate surface area is 249 Å². The van der Waals surface area contributed by atoms with Gasteiger partial charge in [-0.25, -0.2) is 15.0 Å². The third-order valence-corrected chi connectivity index (χ3v) is 8.16. The second-order valence-corrected chi connectivity index (χ2v) is 11.3. The summed E-state index contributed by atoms with van der Waals surface area (Å²) in [4.78, 5) is 14.1. The highest BCUT2D eigenvalue weighted by Crippen LogP contribution is 2.38. The molecule has 8 nitrogen and oxygen atoms in total. The van der Waals surface area contributed by atoms with Gasteiger partial charge in [0, 0.05) is 18.8 Å². The number of nitrogens with zero attached hydrogens (tertiary/aromatic N) is 5. The van der Waals surface area contributed by atoms with Crippen LogP contribution >= 0.6 is 0 Å². The zero-order chi connectivity index (χ0) is 30.2. The number of aromatic nitrogens is 5. The van der Waals surface area contributed by atoms with E-state index in [1.807, 2.05) is 52.1 Å². The lowest BCUT2D eigenvalue weighted by Crippen LogP contribution is -2.13. The molecule has 2 aromatic carbocycles. The van der Waals surface area contributed by atoms with E-state index in [2.05, 4.69) is 18.9 Å². The van der Waals surface area contributed by atoms with Gasteiger partial charge in [0.15, 0.2) is 17.5 Å². The fourth-order valence-corrected chi connectivity index (χ4v) is 5.20. The van der Waals surface area contributed by atoms with Crippen molar-refractivity contribution >= 4 is 0 Å². The Balaban J connectivity index is 1.67. The smallest absolute Gasteiger partial charge is 0.182 e. The summed E-state index contributed by atoms with van der Waals surface area (Å²) in [6.45, 7) is 10.8. The zero-order valence-electron chi connectivity index (χ0n) is 25.9. The van der Waals surface area contributed by atoms with Gasteiger partial charge in [0.25, 0.3) is 0 Å². The summed E-state index contributed by atoms with van der Waals surface area (Å²) in [6.07, 6.45) is 11.4. The monoisotopic (exact) mass is 571 g/mol. The van der Waals surface area contributed by atoms with E-state index in [9.17, 15) is 10.2 Å². The molecule has 0 radical (unpaired) electrons. The van der Waals surface area contributed by atoms with Crippen LogP contribution in [-0.2, 0) is 7.05 Å².